The van der Waals surface area contributed by atoms with Crippen molar-refractivity contribution in [2.45, 2.75) is 39.0 Å². The number of rotatable bonds is 4. The van der Waals surface area contributed by atoms with Gasteiger partial charge in [0.1, 0.15) is 11.2 Å². The molecule has 28 heavy (non-hydrogen) atoms. The maximum atomic E-state index is 13.2. The normalized spacial score (nSPS) is 12.4. The van der Waals surface area contributed by atoms with Crippen molar-refractivity contribution >= 4 is 11.7 Å². The van der Waals surface area contributed by atoms with E-state index in [4.69, 9.17) is 10.5 Å². The third kappa shape index (κ3) is 3.95. The molecule has 0 saturated heterocycles. The van der Waals surface area contributed by atoms with Crippen LogP contribution in [0.1, 0.15) is 30.8 Å². The van der Waals surface area contributed by atoms with Crippen LogP contribution in [0.5, 0.6) is 0 Å². The van der Waals surface area contributed by atoms with Crippen molar-refractivity contribution < 1.29 is 22.7 Å². The summed E-state index contributed by atoms with van der Waals surface area (Å²) in [5.74, 6) is 0. The number of carbonyl (C=O) groups excluding carboxylic acids is 1. The minimum Gasteiger partial charge on any atom is -0.443 e. The number of hydrogen-bond acceptors (Lipinski definition) is 3. The Labute approximate surface area is 159 Å². The molecule has 3 aromatic rings. The molecule has 0 saturated carbocycles. The minimum atomic E-state index is -4.46. The zero-order chi connectivity index (χ0) is 20.7. The van der Waals surface area contributed by atoms with Crippen LogP contribution >= 0.6 is 0 Å². The molecule has 1 aromatic carbocycles. The molecule has 2 N–H and O–H groups in total. The predicted octanol–water partition coefficient (Wildman–Crippen LogP) is 4.74. The number of imidazole rings is 1. The lowest BCUT2D eigenvalue weighted by Crippen LogP contribution is -2.33. The second kappa shape index (κ2) is 6.85. The monoisotopic (exact) mass is 391 g/mol. The van der Waals surface area contributed by atoms with Crippen LogP contribution in [0.15, 0.2) is 42.5 Å². The van der Waals surface area contributed by atoms with Gasteiger partial charge >= 0.3 is 12.3 Å². The largest absolute Gasteiger partial charge is 0.443 e. The van der Waals surface area contributed by atoms with E-state index in [9.17, 15) is 18.0 Å². The number of aromatic nitrogens is 2. The predicted molar refractivity (Wildman–Crippen MR) is 98.8 cm³/mol. The summed E-state index contributed by atoms with van der Waals surface area (Å²) < 4.78 is 46.6. The van der Waals surface area contributed by atoms with Crippen molar-refractivity contribution in [3.8, 4) is 11.3 Å². The zero-order valence-electron chi connectivity index (χ0n) is 15.7. The number of halogens is 3. The van der Waals surface area contributed by atoms with Crippen molar-refractivity contribution in [2.75, 3.05) is 0 Å². The fourth-order valence-electron chi connectivity index (χ4n) is 3.28. The molecule has 0 bridgehead atoms. The van der Waals surface area contributed by atoms with Gasteiger partial charge in [-0.15, -0.1) is 0 Å². The van der Waals surface area contributed by atoms with Crippen LogP contribution in [0.3, 0.4) is 0 Å². The van der Waals surface area contributed by atoms with Crippen molar-refractivity contribution in [3.63, 3.8) is 0 Å². The molecule has 1 amide bonds. The van der Waals surface area contributed by atoms with Crippen LogP contribution in [0.2, 0.25) is 0 Å². The van der Waals surface area contributed by atoms with E-state index in [0.29, 0.717) is 22.6 Å². The summed E-state index contributed by atoms with van der Waals surface area (Å²) in [5.41, 5.74) is 6.24. The van der Waals surface area contributed by atoms with E-state index in [1.165, 1.54) is 6.07 Å². The average Bonchev–Trinajstić information content (AvgIpc) is 2.91. The molecular weight excluding hydrogens is 371 g/mol. The van der Waals surface area contributed by atoms with Crippen LogP contribution in [0.25, 0.3) is 16.9 Å². The maximum absolute atomic E-state index is 13.2. The smallest absolute Gasteiger partial charge is 0.416 e. The van der Waals surface area contributed by atoms with Crippen LogP contribution in [0.4, 0.5) is 18.0 Å². The highest BCUT2D eigenvalue weighted by Gasteiger charge is 2.32. The van der Waals surface area contributed by atoms with Gasteiger partial charge in [-0.2, -0.15) is 13.2 Å². The topological polar surface area (TPSA) is 69.6 Å². The number of alkyl halides is 3. The number of fused-ring (bicyclic) bond motifs is 1. The summed E-state index contributed by atoms with van der Waals surface area (Å²) in [7, 11) is 0. The van der Waals surface area contributed by atoms with Crippen LogP contribution in [-0.2, 0) is 17.3 Å². The lowest BCUT2D eigenvalue weighted by atomic mass is 9.98. The van der Waals surface area contributed by atoms with Crippen molar-refractivity contribution in [1.82, 2.24) is 9.38 Å². The van der Waals surface area contributed by atoms with Crippen LogP contribution in [0, 0.1) is 6.92 Å². The summed E-state index contributed by atoms with van der Waals surface area (Å²) >= 11 is 0. The summed E-state index contributed by atoms with van der Waals surface area (Å²) in [6.45, 7) is 5.19. The van der Waals surface area contributed by atoms with Gasteiger partial charge in [-0.3, -0.25) is 4.40 Å². The van der Waals surface area contributed by atoms with E-state index >= 15 is 0 Å². The van der Waals surface area contributed by atoms with Gasteiger partial charge in [0, 0.05) is 17.7 Å². The van der Waals surface area contributed by atoms with E-state index in [-0.39, 0.29) is 6.42 Å². The number of pyridine rings is 1. The Bertz CT molecular complexity index is 1040. The Morgan fingerprint density at radius 1 is 1.18 bits per heavy atom. The molecule has 2 aromatic heterocycles. The van der Waals surface area contributed by atoms with Crippen molar-refractivity contribution in [3.05, 3.63) is 59.4 Å². The molecule has 3 rings (SSSR count). The molecule has 0 aliphatic carbocycles. The highest BCUT2D eigenvalue weighted by atomic mass is 19.4. The molecule has 2 heterocycles. The molecular formula is C20H20F3N3O2. The van der Waals surface area contributed by atoms with Gasteiger partial charge in [0.15, 0.2) is 0 Å². The number of benzene rings is 1. The minimum absolute atomic E-state index is 0.183. The van der Waals surface area contributed by atoms with E-state index < -0.39 is 23.4 Å². The van der Waals surface area contributed by atoms with Crippen LogP contribution in [-0.4, -0.2) is 21.1 Å². The average molecular weight is 391 g/mol. The third-order valence-corrected chi connectivity index (χ3v) is 4.34. The van der Waals surface area contributed by atoms with Gasteiger partial charge in [0.25, 0.3) is 0 Å². The van der Waals surface area contributed by atoms with Crippen LogP contribution < -0.4 is 5.73 Å². The zero-order valence-corrected chi connectivity index (χ0v) is 15.7. The van der Waals surface area contributed by atoms with E-state index in [2.05, 4.69) is 4.98 Å². The highest BCUT2D eigenvalue weighted by Crippen LogP contribution is 2.35. The maximum Gasteiger partial charge on any atom is 0.416 e. The van der Waals surface area contributed by atoms with Gasteiger partial charge < -0.3 is 10.5 Å². The Balaban J connectivity index is 2.22. The van der Waals surface area contributed by atoms with Gasteiger partial charge in [-0.25, -0.2) is 9.78 Å². The number of hydrogen-bond donors (Lipinski definition) is 1. The van der Waals surface area contributed by atoms with Gasteiger partial charge in [-0.05, 0) is 45.0 Å². The molecule has 5 nitrogen and oxygen atoms in total. The molecule has 0 spiro atoms. The lowest BCUT2D eigenvalue weighted by molar-refractivity contribution is -0.137. The number of aryl methyl sites for hydroxylation is 1. The summed E-state index contributed by atoms with van der Waals surface area (Å²) in [4.78, 5) is 15.8. The Morgan fingerprint density at radius 3 is 2.50 bits per heavy atom. The fraction of sp³-hybridized carbons (Fsp3) is 0.300. The van der Waals surface area contributed by atoms with Crippen molar-refractivity contribution in [1.29, 1.82) is 0 Å². The summed E-state index contributed by atoms with van der Waals surface area (Å²) in [5, 5.41) is 0. The Kier molecular flexibility index (Phi) is 4.82. The first-order valence-electron chi connectivity index (χ1n) is 8.61. The van der Waals surface area contributed by atoms with Crippen molar-refractivity contribution in [2.24, 2.45) is 5.73 Å². The number of amides is 1. The molecule has 0 aliphatic rings. The lowest BCUT2D eigenvalue weighted by Gasteiger charge is -2.23. The Morgan fingerprint density at radius 2 is 1.86 bits per heavy atom. The van der Waals surface area contributed by atoms with Gasteiger partial charge in [-0.1, -0.05) is 18.2 Å². The standard InChI is InChI=1S/C20H20F3N3O2/c1-12-6-4-9-16-25-15(11-19(2,3)28-18(24)27)17(26(12)16)13-7-5-8-14(10-13)20(21,22)23/h4-10H,11H2,1-3H3,(H2,24,27). The second-order valence-electron chi connectivity index (χ2n) is 7.20. The summed E-state index contributed by atoms with van der Waals surface area (Å²) in [6.07, 6.45) is -5.20. The van der Waals surface area contributed by atoms with E-state index in [1.54, 1.807) is 30.4 Å². The molecule has 0 atom stereocenters. The second-order valence-corrected chi connectivity index (χ2v) is 7.20. The third-order valence-electron chi connectivity index (χ3n) is 4.34. The number of nitrogens with zero attached hydrogens (tertiary/aromatic N) is 2. The number of carbonyl (C=O) groups is 1. The number of nitrogens with two attached hydrogens (primary N) is 1. The number of primary amides is 1. The highest BCUT2D eigenvalue weighted by molar-refractivity contribution is 5.69. The van der Waals surface area contributed by atoms with E-state index in [0.717, 1.165) is 17.8 Å². The molecule has 0 unspecified atom stereocenters. The quantitative estimate of drug-likeness (QED) is 0.698. The van der Waals surface area contributed by atoms with Gasteiger partial charge in [0.05, 0.1) is 17.0 Å². The first-order valence-corrected chi connectivity index (χ1v) is 8.61. The number of ether oxygens (including phenoxy) is 1. The molecule has 0 radical (unpaired) electrons. The molecule has 148 valence electrons. The first kappa shape index (κ1) is 19.7. The molecule has 8 heteroatoms. The van der Waals surface area contributed by atoms with E-state index in [1.807, 2.05) is 19.1 Å². The Hall–Kier alpha value is -3.03. The summed E-state index contributed by atoms with van der Waals surface area (Å²) in [6, 6.07) is 10.5. The molecule has 0 fully saturated rings. The fourth-order valence-corrected chi connectivity index (χ4v) is 3.28. The first-order chi connectivity index (χ1) is 13.0. The van der Waals surface area contributed by atoms with Gasteiger partial charge in [0.2, 0.25) is 0 Å². The molecule has 0 aliphatic heterocycles. The SMILES string of the molecule is Cc1cccc2nc(CC(C)(C)OC(N)=O)c(-c3cccc(C(F)(F)F)c3)n12.